The maximum atomic E-state index is 13.1. The quantitative estimate of drug-likeness (QED) is 0.584. The van der Waals surface area contributed by atoms with E-state index in [0.29, 0.717) is 22.3 Å². The fourth-order valence-corrected chi connectivity index (χ4v) is 5.86. The van der Waals surface area contributed by atoms with Crippen LogP contribution in [0.15, 0.2) is 41.4 Å². The molecule has 9 heteroatoms. The van der Waals surface area contributed by atoms with Crippen molar-refractivity contribution >= 4 is 33.1 Å². The molecule has 0 aliphatic heterocycles. The first kappa shape index (κ1) is 21.3. The highest BCUT2D eigenvalue weighted by Gasteiger charge is 2.29. The molecule has 1 aliphatic rings. The van der Waals surface area contributed by atoms with Crippen molar-refractivity contribution < 1.29 is 8.42 Å². The summed E-state index contributed by atoms with van der Waals surface area (Å²) in [6, 6.07) is 8.73. The number of aromatic nitrogens is 4. The van der Waals surface area contributed by atoms with E-state index in [1.165, 1.54) is 0 Å². The Hall–Kier alpha value is -2.94. The standard InChI is InChI=1S/C22H28N6O2S/c1-15-16(2)26-27-21(15)28(3)20-12-13-23-22(25-20)24-17-8-7-11-19(14-17)31(29,30)18-9-5-4-6-10-18/h7-8,11-14,18H,4-6,9-10H2,1-3H3,(H,26,27)(H,23,24,25). The number of nitrogens with one attached hydrogen (secondary N) is 2. The molecule has 1 aliphatic carbocycles. The second kappa shape index (κ2) is 8.66. The Bertz CT molecular complexity index is 1170. The third-order valence-electron chi connectivity index (χ3n) is 5.96. The summed E-state index contributed by atoms with van der Waals surface area (Å²) in [6.45, 7) is 3.95. The van der Waals surface area contributed by atoms with Crippen molar-refractivity contribution in [3.8, 4) is 0 Å². The van der Waals surface area contributed by atoms with Crippen LogP contribution in [0.4, 0.5) is 23.3 Å². The smallest absolute Gasteiger partial charge is 0.229 e. The number of hydrogen-bond acceptors (Lipinski definition) is 7. The summed E-state index contributed by atoms with van der Waals surface area (Å²) in [7, 11) is -1.43. The molecule has 164 valence electrons. The Morgan fingerprint density at radius 3 is 2.61 bits per heavy atom. The van der Waals surface area contributed by atoms with Gasteiger partial charge in [0.05, 0.1) is 15.8 Å². The molecule has 31 heavy (non-hydrogen) atoms. The van der Waals surface area contributed by atoms with Crippen molar-refractivity contribution in [1.82, 2.24) is 20.2 Å². The zero-order chi connectivity index (χ0) is 22.0. The minimum Gasteiger partial charge on any atom is -0.324 e. The molecule has 1 saturated carbocycles. The highest BCUT2D eigenvalue weighted by atomic mass is 32.2. The van der Waals surface area contributed by atoms with Crippen LogP contribution in [-0.4, -0.2) is 40.9 Å². The first-order valence-electron chi connectivity index (χ1n) is 10.6. The van der Waals surface area contributed by atoms with Crippen LogP contribution in [0.5, 0.6) is 0 Å². The minimum absolute atomic E-state index is 0.286. The third-order valence-corrected chi connectivity index (χ3v) is 8.22. The number of hydrogen-bond donors (Lipinski definition) is 2. The number of anilines is 4. The Balaban J connectivity index is 1.56. The van der Waals surface area contributed by atoms with Crippen LogP contribution < -0.4 is 10.2 Å². The molecule has 2 heterocycles. The van der Waals surface area contributed by atoms with Gasteiger partial charge in [0.2, 0.25) is 5.95 Å². The van der Waals surface area contributed by atoms with Gasteiger partial charge in [-0.25, -0.2) is 13.4 Å². The summed E-state index contributed by atoms with van der Waals surface area (Å²) in [6.07, 6.45) is 6.22. The van der Waals surface area contributed by atoms with E-state index < -0.39 is 9.84 Å². The summed E-state index contributed by atoms with van der Waals surface area (Å²) in [5.41, 5.74) is 2.63. The summed E-state index contributed by atoms with van der Waals surface area (Å²) in [5.74, 6) is 1.95. The second-order valence-corrected chi connectivity index (χ2v) is 10.3. The van der Waals surface area contributed by atoms with Crippen molar-refractivity contribution in [2.24, 2.45) is 0 Å². The minimum atomic E-state index is -3.34. The van der Waals surface area contributed by atoms with Crippen LogP contribution in [0.3, 0.4) is 0 Å². The topological polar surface area (TPSA) is 104 Å². The predicted molar refractivity (Wildman–Crippen MR) is 122 cm³/mol. The van der Waals surface area contributed by atoms with Gasteiger partial charge in [0.25, 0.3) is 0 Å². The van der Waals surface area contributed by atoms with Gasteiger partial charge in [-0.3, -0.25) is 5.10 Å². The van der Waals surface area contributed by atoms with Crippen LogP contribution in [0, 0.1) is 13.8 Å². The summed E-state index contributed by atoms with van der Waals surface area (Å²) in [5, 5.41) is 10.1. The Kier molecular flexibility index (Phi) is 5.95. The van der Waals surface area contributed by atoms with Gasteiger partial charge in [0, 0.05) is 24.5 Å². The SMILES string of the molecule is Cc1n[nH]c(N(C)c2ccnc(Nc3cccc(S(=O)(=O)C4CCCCC4)c3)n2)c1C. The lowest BCUT2D eigenvalue weighted by molar-refractivity contribution is 0.483. The van der Waals surface area contributed by atoms with E-state index in [1.54, 1.807) is 24.4 Å². The predicted octanol–water partition coefficient (Wildman–Crippen LogP) is 4.43. The van der Waals surface area contributed by atoms with E-state index in [1.807, 2.05) is 37.9 Å². The van der Waals surface area contributed by atoms with Crippen molar-refractivity contribution in [3.05, 3.63) is 47.8 Å². The van der Waals surface area contributed by atoms with Crippen LogP contribution >= 0.6 is 0 Å². The molecule has 4 rings (SSSR count). The molecular weight excluding hydrogens is 412 g/mol. The molecule has 2 aromatic heterocycles. The van der Waals surface area contributed by atoms with Gasteiger partial charge in [-0.1, -0.05) is 25.3 Å². The first-order chi connectivity index (χ1) is 14.9. The van der Waals surface area contributed by atoms with Crippen LogP contribution in [0.2, 0.25) is 0 Å². The third kappa shape index (κ3) is 4.41. The molecule has 0 bridgehead atoms. The average Bonchev–Trinajstić information content (AvgIpc) is 3.12. The highest BCUT2D eigenvalue weighted by molar-refractivity contribution is 7.92. The average molecular weight is 441 g/mol. The van der Waals surface area contributed by atoms with Crippen LogP contribution in [-0.2, 0) is 9.84 Å². The number of H-pyrrole nitrogens is 1. The molecule has 8 nitrogen and oxygen atoms in total. The largest absolute Gasteiger partial charge is 0.324 e. The second-order valence-electron chi connectivity index (χ2n) is 8.04. The van der Waals surface area contributed by atoms with E-state index >= 15 is 0 Å². The molecular formula is C22H28N6O2S. The van der Waals surface area contributed by atoms with Gasteiger partial charge in [-0.15, -0.1) is 0 Å². The lowest BCUT2D eigenvalue weighted by Gasteiger charge is -2.22. The van der Waals surface area contributed by atoms with Crippen LogP contribution in [0.25, 0.3) is 0 Å². The van der Waals surface area contributed by atoms with Gasteiger partial charge < -0.3 is 10.2 Å². The van der Waals surface area contributed by atoms with E-state index in [-0.39, 0.29) is 5.25 Å². The Morgan fingerprint density at radius 2 is 1.90 bits per heavy atom. The van der Waals surface area contributed by atoms with Crippen LogP contribution in [0.1, 0.15) is 43.4 Å². The number of benzene rings is 1. The fraction of sp³-hybridized carbons (Fsp3) is 0.409. The summed E-state index contributed by atoms with van der Waals surface area (Å²) < 4.78 is 26.1. The maximum absolute atomic E-state index is 13.1. The zero-order valence-corrected chi connectivity index (χ0v) is 18.9. The number of aromatic amines is 1. The van der Waals surface area contributed by atoms with Crippen molar-refractivity contribution in [3.63, 3.8) is 0 Å². The molecule has 0 unspecified atom stereocenters. The Labute approximate surface area is 183 Å². The van der Waals surface area contributed by atoms with E-state index in [9.17, 15) is 8.42 Å². The highest BCUT2D eigenvalue weighted by Crippen LogP contribution is 2.30. The van der Waals surface area contributed by atoms with Gasteiger partial charge in [0.1, 0.15) is 11.6 Å². The van der Waals surface area contributed by atoms with Gasteiger partial charge in [-0.05, 0) is 51.0 Å². The lowest BCUT2D eigenvalue weighted by Crippen LogP contribution is -2.24. The van der Waals surface area contributed by atoms with Crippen molar-refractivity contribution in [2.45, 2.75) is 56.1 Å². The molecule has 1 fully saturated rings. The molecule has 0 spiro atoms. The van der Waals surface area contributed by atoms with Crippen molar-refractivity contribution in [2.75, 3.05) is 17.3 Å². The molecule has 0 saturated heterocycles. The molecule has 0 atom stereocenters. The maximum Gasteiger partial charge on any atom is 0.229 e. The zero-order valence-electron chi connectivity index (χ0n) is 18.1. The normalized spacial score (nSPS) is 15.1. The van der Waals surface area contributed by atoms with Gasteiger partial charge in [0.15, 0.2) is 9.84 Å². The van der Waals surface area contributed by atoms with Gasteiger partial charge >= 0.3 is 0 Å². The monoisotopic (exact) mass is 440 g/mol. The number of nitrogens with zero attached hydrogens (tertiary/aromatic N) is 4. The summed E-state index contributed by atoms with van der Waals surface area (Å²) >= 11 is 0. The number of rotatable bonds is 6. The number of aryl methyl sites for hydroxylation is 1. The summed E-state index contributed by atoms with van der Waals surface area (Å²) in [4.78, 5) is 11.1. The molecule has 1 aromatic carbocycles. The van der Waals surface area contributed by atoms with E-state index in [4.69, 9.17) is 0 Å². The fourth-order valence-electron chi connectivity index (χ4n) is 3.96. The molecule has 0 amide bonds. The molecule has 2 N–H and O–H groups in total. The van der Waals surface area contributed by atoms with E-state index in [2.05, 4.69) is 25.5 Å². The van der Waals surface area contributed by atoms with Crippen molar-refractivity contribution in [1.29, 1.82) is 0 Å². The van der Waals surface area contributed by atoms with Gasteiger partial charge in [-0.2, -0.15) is 10.1 Å². The first-order valence-corrected chi connectivity index (χ1v) is 12.1. The Morgan fingerprint density at radius 1 is 1.13 bits per heavy atom. The molecule has 0 radical (unpaired) electrons. The number of sulfone groups is 1. The lowest BCUT2D eigenvalue weighted by atomic mass is 10.0. The van der Waals surface area contributed by atoms with E-state index in [0.717, 1.165) is 49.2 Å². The molecule has 3 aromatic rings.